The van der Waals surface area contributed by atoms with Gasteiger partial charge in [0, 0.05) is 17.8 Å². The van der Waals surface area contributed by atoms with Crippen LogP contribution in [0.2, 0.25) is 0 Å². The Morgan fingerprint density at radius 1 is 1.50 bits per heavy atom. The molecule has 0 amide bonds. The molecule has 3 nitrogen and oxygen atoms in total. The van der Waals surface area contributed by atoms with Crippen LogP contribution in [0.4, 0.5) is 0 Å². The molecule has 0 unspecified atom stereocenters. The van der Waals surface area contributed by atoms with Crippen LogP contribution in [0.1, 0.15) is 24.2 Å². The smallest absolute Gasteiger partial charge is 0.213 e. The van der Waals surface area contributed by atoms with Gasteiger partial charge in [-0.1, -0.05) is 0 Å². The molecule has 0 radical (unpaired) electrons. The monoisotopic (exact) mass is 166 g/mol. The highest BCUT2D eigenvalue weighted by Gasteiger charge is 2.03. The molecule has 1 aromatic rings. The van der Waals surface area contributed by atoms with E-state index in [0.717, 1.165) is 11.3 Å². The van der Waals surface area contributed by atoms with Gasteiger partial charge in [-0.25, -0.2) is 4.98 Å². The molecule has 3 heteroatoms. The van der Waals surface area contributed by atoms with Crippen LogP contribution >= 0.6 is 0 Å². The second kappa shape index (κ2) is 3.54. The molecule has 1 aromatic heterocycles. The van der Waals surface area contributed by atoms with Crippen molar-refractivity contribution in [2.24, 2.45) is 5.73 Å². The molecule has 0 saturated carbocycles. The first-order chi connectivity index (χ1) is 5.63. The Bertz CT molecular complexity index is 271. The third kappa shape index (κ3) is 1.95. The van der Waals surface area contributed by atoms with E-state index in [9.17, 15) is 0 Å². The van der Waals surface area contributed by atoms with Crippen molar-refractivity contribution in [1.82, 2.24) is 4.98 Å². The molecule has 66 valence electrons. The van der Waals surface area contributed by atoms with E-state index in [4.69, 9.17) is 10.5 Å². The zero-order valence-corrected chi connectivity index (χ0v) is 7.66. The van der Waals surface area contributed by atoms with E-state index in [0.29, 0.717) is 5.88 Å². The minimum absolute atomic E-state index is 0.0283. The zero-order valence-electron chi connectivity index (χ0n) is 7.66. The topological polar surface area (TPSA) is 48.1 Å². The summed E-state index contributed by atoms with van der Waals surface area (Å²) in [5, 5.41) is 0. The minimum atomic E-state index is 0.0283. The van der Waals surface area contributed by atoms with Crippen molar-refractivity contribution >= 4 is 0 Å². The third-order valence-corrected chi connectivity index (χ3v) is 1.69. The molecular weight excluding hydrogens is 152 g/mol. The second-order valence-electron chi connectivity index (χ2n) is 2.87. The predicted molar refractivity (Wildman–Crippen MR) is 48.1 cm³/mol. The van der Waals surface area contributed by atoms with Gasteiger partial charge in [0.15, 0.2) is 0 Å². The van der Waals surface area contributed by atoms with Crippen LogP contribution in [0.25, 0.3) is 0 Å². The van der Waals surface area contributed by atoms with E-state index in [1.54, 1.807) is 7.11 Å². The summed E-state index contributed by atoms with van der Waals surface area (Å²) in [4.78, 5) is 4.16. The Kier molecular flexibility index (Phi) is 2.65. The van der Waals surface area contributed by atoms with Gasteiger partial charge < -0.3 is 10.5 Å². The molecule has 0 saturated heterocycles. The maximum atomic E-state index is 5.72. The highest BCUT2D eigenvalue weighted by Crippen LogP contribution is 2.16. The maximum absolute atomic E-state index is 5.72. The first kappa shape index (κ1) is 9.00. The highest BCUT2D eigenvalue weighted by atomic mass is 16.5. The number of hydrogen-bond acceptors (Lipinski definition) is 3. The number of aromatic nitrogens is 1. The first-order valence-corrected chi connectivity index (χ1v) is 3.91. The van der Waals surface area contributed by atoms with Crippen LogP contribution in [-0.2, 0) is 0 Å². The first-order valence-electron chi connectivity index (χ1n) is 3.91. The van der Waals surface area contributed by atoms with Crippen LogP contribution in [0, 0.1) is 6.92 Å². The number of hydrogen-bond donors (Lipinski definition) is 1. The summed E-state index contributed by atoms with van der Waals surface area (Å²) in [6, 6.07) is 3.85. The summed E-state index contributed by atoms with van der Waals surface area (Å²) in [7, 11) is 1.60. The number of rotatable bonds is 2. The van der Waals surface area contributed by atoms with Crippen molar-refractivity contribution in [1.29, 1.82) is 0 Å². The van der Waals surface area contributed by atoms with Gasteiger partial charge in [-0.2, -0.15) is 0 Å². The fourth-order valence-corrected chi connectivity index (χ4v) is 1.03. The van der Waals surface area contributed by atoms with E-state index in [1.165, 1.54) is 0 Å². The van der Waals surface area contributed by atoms with Gasteiger partial charge in [0.25, 0.3) is 0 Å². The third-order valence-electron chi connectivity index (χ3n) is 1.69. The standard InChI is InChI=1S/C9H14N2O/c1-6-4-8(7(2)10)5-9(11-6)12-3/h4-5,7H,10H2,1-3H3/t7-/m0/s1. The average Bonchev–Trinajstić information content (AvgIpc) is 2.03. The Hall–Kier alpha value is -1.09. The lowest BCUT2D eigenvalue weighted by Crippen LogP contribution is -2.06. The molecule has 0 aliphatic rings. The molecule has 0 bridgehead atoms. The second-order valence-corrected chi connectivity index (χ2v) is 2.87. The molecule has 0 aliphatic heterocycles. The van der Waals surface area contributed by atoms with E-state index in [2.05, 4.69) is 4.98 Å². The normalized spacial score (nSPS) is 12.7. The lowest BCUT2D eigenvalue weighted by Gasteiger charge is -2.08. The highest BCUT2D eigenvalue weighted by molar-refractivity contribution is 5.26. The van der Waals surface area contributed by atoms with E-state index >= 15 is 0 Å². The van der Waals surface area contributed by atoms with Crippen molar-refractivity contribution in [3.8, 4) is 5.88 Å². The van der Waals surface area contributed by atoms with Crippen LogP contribution in [0.15, 0.2) is 12.1 Å². The summed E-state index contributed by atoms with van der Waals surface area (Å²) in [6.45, 7) is 3.86. The maximum Gasteiger partial charge on any atom is 0.213 e. The molecule has 0 spiro atoms. The molecule has 0 aromatic carbocycles. The molecule has 12 heavy (non-hydrogen) atoms. The van der Waals surface area contributed by atoms with Crippen LogP contribution in [0.3, 0.4) is 0 Å². The Balaban J connectivity index is 3.06. The van der Waals surface area contributed by atoms with E-state index in [-0.39, 0.29) is 6.04 Å². The zero-order chi connectivity index (χ0) is 9.14. The van der Waals surface area contributed by atoms with Gasteiger partial charge in [0.2, 0.25) is 5.88 Å². The SMILES string of the molecule is COc1cc([C@H](C)N)cc(C)n1. The van der Waals surface area contributed by atoms with Gasteiger partial charge >= 0.3 is 0 Å². The lowest BCUT2D eigenvalue weighted by molar-refractivity contribution is 0.396. The fraction of sp³-hybridized carbons (Fsp3) is 0.444. The largest absolute Gasteiger partial charge is 0.481 e. The number of nitrogens with zero attached hydrogens (tertiary/aromatic N) is 1. The van der Waals surface area contributed by atoms with Crippen molar-refractivity contribution < 1.29 is 4.74 Å². The van der Waals surface area contributed by atoms with Crippen LogP contribution in [-0.4, -0.2) is 12.1 Å². The number of aryl methyl sites for hydroxylation is 1. The number of pyridine rings is 1. The minimum Gasteiger partial charge on any atom is -0.481 e. The summed E-state index contributed by atoms with van der Waals surface area (Å²) < 4.78 is 5.02. The van der Waals surface area contributed by atoms with E-state index in [1.807, 2.05) is 26.0 Å². The molecule has 1 heterocycles. The molecular formula is C9H14N2O. The Labute approximate surface area is 72.6 Å². The summed E-state index contributed by atoms with van der Waals surface area (Å²) in [5.41, 5.74) is 7.71. The number of nitrogens with two attached hydrogens (primary N) is 1. The van der Waals surface area contributed by atoms with Crippen molar-refractivity contribution in [2.45, 2.75) is 19.9 Å². The van der Waals surface area contributed by atoms with Crippen molar-refractivity contribution in [2.75, 3.05) is 7.11 Å². The Morgan fingerprint density at radius 3 is 2.67 bits per heavy atom. The van der Waals surface area contributed by atoms with Crippen LogP contribution < -0.4 is 10.5 Å². The van der Waals surface area contributed by atoms with E-state index < -0.39 is 0 Å². The van der Waals surface area contributed by atoms with Crippen molar-refractivity contribution in [3.05, 3.63) is 23.4 Å². The molecule has 2 N–H and O–H groups in total. The predicted octanol–water partition coefficient (Wildman–Crippen LogP) is 1.42. The summed E-state index contributed by atoms with van der Waals surface area (Å²) >= 11 is 0. The quantitative estimate of drug-likeness (QED) is 0.722. The summed E-state index contributed by atoms with van der Waals surface area (Å²) in [6.07, 6.45) is 0. The molecule has 1 rings (SSSR count). The molecule has 1 atom stereocenters. The number of methoxy groups -OCH3 is 1. The van der Waals surface area contributed by atoms with Crippen LogP contribution in [0.5, 0.6) is 5.88 Å². The molecule has 0 fully saturated rings. The average molecular weight is 166 g/mol. The van der Waals surface area contributed by atoms with Gasteiger partial charge in [-0.3, -0.25) is 0 Å². The Morgan fingerprint density at radius 2 is 2.17 bits per heavy atom. The fourth-order valence-electron chi connectivity index (χ4n) is 1.03. The summed E-state index contributed by atoms with van der Waals surface area (Å²) in [5.74, 6) is 0.627. The van der Waals surface area contributed by atoms with Gasteiger partial charge in [0.05, 0.1) is 7.11 Å². The number of ether oxygens (including phenoxy) is 1. The lowest BCUT2D eigenvalue weighted by atomic mass is 10.1. The van der Waals surface area contributed by atoms with Gasteiger partial charge in [0.1, 0.15) is 0 Å². The van der Waals surface area contributed by atoms with Gasteiger partial charge in [-0.05, 0) is 25.5 Å². The van der Waals surface area contributed by atoms with Gasteiger partial charge in [-0.15, -0.1) is 0 Å². The van der Waals surface area contributed by atoms with Crippen molar-refractivity contribution in [3.63, 3.8) is 0 Å². The molecule has 0 aliphatic carbocycles.